The van der Waals surface area contributed by atoms with E-state index in [0.717, 1.165) is 77.0 Å². The van der Waals surface area contributed by atoms with E-state index in [1.165, 1.54) is 0 Å². The largest absolute Gasteiger partial charge is 0.423 e. The van der Waals surface area contributed by atoms with E-state index in [1.54, 1.807) is 0 Å². The normalized spacial score (nSPS) is 11.3. The van der Waals surface area contributed by atoms with Crippen molar-refractivity contribution in [3.8, 4) is 0 Å². The summed E-state index contributed by atoms with van der Waals surface area (Å²) in [6.07, 6.45) is 15.7. The Morgan fingerprint density at radius 2 is 0.824 bits per heavy atom. The van der Waals surface area contributed by atoms with E-state index in [-0.39, 0.29) is 32.1 Å². The molecule has 1 radical (unpaired) electrons. The van der Waals surface area contributed by atoms with Gasteiger partial charge in [-0.2, -0.15) is 0 Å². The van der Waals surface area contributed by atoms with E-state index in [2.05, 4.69) is 27.7 Å². The van der Waals surface area contributed by atoms with Gasteiger partial charge in [-0.15, -0.1) is 0 Å². The number of esters is 3. The second-order valence-corrected chi connectivity index (χ2v) is 9.20. The van der Waals surface area contributed by atoms with Crippen molar-refractivity contribution in [2.75, 3.05) is 0 Å². The van der Waals surface area contributed by atoms with E-state index in [0.29, 0.717) is 19.3 Å². The van der Waals surface area contributed by atoms with E-state index in [1.807, 2.05) is 0 Å². The zero-order chi connectivity index (χ0) is 25.5. The van der Waals surface area contributed by atoms with Gasteiger partial charge in [-0.25, -0.2) is 0 Å². The minimum atomic E-state index is -2.01. The highest BCUT2D eigenvalue weighted by Gasteiger charge is 2.42. The first-order chi connectivity index (χ1) is 16.4. The molecule has 0 saturated heterocycles. The van der Waals surface area contributed by atoms with Gasteiger partial charge in [0.2, 0.25) is 0 Å². The summed E-state index contributed by atoms with van der Waals surface area (Å²) in [5, 5.41) is 0. The van der Waals surface area contributed by atoms with Crippen LogP contribution in [0.25, 0.3) is 0 Å². The first-order valence-electron chi connectivity index (χ1n) is 13.9. The van der Waals surface area contributed by atoms with Crippen LogP contribution in [-0.2, 0) is 28.6 Å². The fourth-order valence-corrected chi connectivity index (χ4v) is 3.72. The van der Waals surface area contributed by atoms with Crippen LogP contribution in [0.4, 0.5) is 0 Å². The van der Waals surface area contributed by atoms with Crippen LogP contribution in [0.1, 0.15) is 149 Å². The van der Waals surface area contributed by atoms with Gasteiger partial charge in [0.05, 0.1) is 6.42 Å². The monoisotopic (exact) mass is 483 g/mol. The molecule has 0 saturated carbocycles. The Bertz CT molecular complexity index is 462. The summed E-state index contributed by atoms with van der Waals surface area (Å²) in [5.74, 6) is -3.56. The molecule has 6 nitrogen and oxygen atoms in total. The molecule has 199 valence electrons. The third-order valence-corrected chi connectivity index (χ3v) is 5.74. The van der Waals surface area contributed by atoms with Crippen molar-refractivity contribution in [3.05, 3.63) is 6.92 Å². The Hall–Kier alpha value is -1.59. The van der Waals surface area contributed by atoms with Crippen molar-refractivity contribution in [3.63, 3.8) is 0 Å². The summed E-state index contributed by atoms with van der Waals surface area (Å²) in [4.78, 5) is 37.7. The Labute approximate surface area is 208 Å². The summed E-state index contributed by atoms with van der Waals surface area (Å²) in [7, 11) is 0. The number of ether oxygens (including phenoxy) is 3. The van der Waals surface area contributed by atoms with E-state index in [9.17, 15) is 14.4 Å². The second kappa shape index (κ2) is 21.9. The van der Waals surface area contributed by atoms with E-state index >= 15 is 0 Å². The topological polar surface area (TPSA) is 78.9 Å². The minimum Gasteiger partial charge on any atom is -0.388 e. The first-order valence-corrected chi connectivity index (χ1v) is 13.9. The molecule has 0 aromatic rings. The van der Waals surface area contributed by atoms with E-state index < -0.39 is 23.9 Å². The fraction of sp³-hybridized carbons (Fsp3) is 0.857. The van der Waals surface area contributed by atoms with Gasteiger partial charge in [-0.05, 0) is 25.7 Å². The van der Waals surface area contributed by atoms with Gasteiger partial charge in [-0.3, -0.25) is 14.4 Å². The maximum atomic E-state index is 12.6. The molecule has 0 aliphatic rings. The Morgan fingerprint density at radius 1 is 0.529 bits per heavy atom. The van der Waals surface area contributed by atoms with Crippen LogP contribution in [-0.4, -0.2) is 23.9 Å². The van der Waals surface area contributed by atoms with Gasteiger partial charge >= 0.3 is 23.9 Å². The maximum Gasteiger partial charge on any atom is 0.423 e. The van der Waals surface area contributed by atoms with Crippen LogP contribution in [0.3, 0.4) is 0 Å². The molecule has 0 aliphatic heterocycles. The molecule has 0 aromatic heterocycles. The molecular formula is C28H51O6. The zero-order valence-corrected chi connectivity index (χ0v) is 22.3. The molecule has 6 heteroatoms. The maximum absolute atomic E-state index is 12.6. The molecular weight excluding hydrogens is 432 g/mol. The summed E-state index contributed by atoms with van der Waals surface area (Å²) in [6.45, 7) is 10.2. The summed E-state index contributed by atoms with van der Waals surface area (Å²) >= 11 is 0. The predicted octanol–water partition coefficient (Wildman–Crippen LogP) is 7.97. The molecule has 0 fully saturated rings. The number of carbonyl (C=O) groups is 3. The molecule has 0 N–H and O–H groups in total. The van der Waals surface area contributed by atoms with Crippen LogP contribution in [0, 0.1) is 6.92 Å². The molecule has 0 atom stereocenters. The SMILES string of the molecule is [CH2]CCC(OC(=O)CCCCCCC)(OC(=O)CCCCCCC)OC(=O)CCCCCCC. The highest BCUT2D eigenvalue weighted by Crippen LogP contribution is 2.26. The highest BCUT2D eigenvalue weighted by molar-refractivity contribution is 5.74. The third-order valence-electron chi connectivity index (χ3n) is 5.74. The smallest absolute Gasteiger partial charge is 0.388 e. The lowest BCUT2D eigenvalue weighted by Gasteiger charge is -2.31. The predicted molar refractivity (Wildman–Crippen MR) is 136 cm³/mol. The standard InChI is InChI=1S/C28H51O6/c1-5-9-12-15-18-21-25(29)32-28(24-8-4,33-26(30)22-19-16-13-10-6-2)34-27(31)23-20-17-14-11-7-3/h4-24H2,1-3H3. The number of hydrogen-bond donors (Lipinski definition) is 0. The number of rotatable bonds is 23. The van der Waals surface area contributed by atoms with Crippen molar-refractivity contribution >= 4 is 17.9 Å². The summed E-state index contributed by atoms with van der Waals surface area (Å²) < 4.78 is 16.7. The van der Waals surface area contributed by atoms with Crippen molar-refractivity contribution < 1.29 is 28.6 Å². The van der Waals surface area contributed by atoms with Gasteiger partial charge < -0.3 is 14.2 Å². The molecule has 0 amide bonds. The average molecular weight is 484 g/mol. The Balaban J connectivity index is 5.04. The van der Waals surface area contributed by atoms with Crippen LogP contribution in [0.2, 0.25) is 0 Å². The quantitative estimate of drug-likeness (QED) is 0.0833. The molecule has 0 rings (SSSR count). The highest BCUT2D eigenvalue weighted by atomic mass is 16.9. The zero-order valence-electron chi connectivity index (χ0n) is 22.3. The molecule has 0 aliphatic carbocycles. The van der Waals surface area contributed by atoms with Crippen molar-refractivity contribution in [2.45, 2.75) is 155 Å². The van der Waals surface area contributed by atoms with Crippen molar-refractivity contribution in [2.24, 2.45) is 0 Å². The van der Waals surface area contributed by atoms with Crippen LogP contribution in [0.5, 0.6) is 0 Å². The first kappa shape index (κ1) is 32.4. The lowest BCUT2D eigenvalue weighted by molar-refractivity contribution is -0.332. The van der Waals surface area contributed by atoms with Crippen LogP contribution in [0.15, 0.2) is 0 Å². The van der Waals surface area contributed by atoms with Crippen LogP contribution >= 0.6 is 0 Å². The molecule has 0 heterocycles. The minimum absolute atomic E-state index is 0.0255. The fourth-order valence-electron chi connectivity index (χ4n) is 3.72. The van der Waals surface area contributed by atoms with Crippen LogP contribution < -0.4 is 0 Å². The Kier molecular flexibility index (Phi) is 20.9. The lowest BCUT2D eigenvalue weighted by atomic mass is 10.1. The van der Waals surface area contributed by atoms with Crippen molar-refractivity contribution in [1.82, 2.24) is 0 Å². The number of unbranched alkanes of at least 4 members (excludes halogenated alkanes) is 12. The van der Waals surface area contributed by atoms with E-state index in [4.69, 9.17) is 14.2 Å². The second-order valence-electron chi connectivity index (χ2n) is 9.20. The van der Waals surface area contributed by atoms with Gasteiger partial charge in [0.25, 0.3) is 0 Å². The van der Waals surface area contributed by atoms with Gasteiger partial charge in [-0.1, -0.05) is 105 Å². The van der Waals surface area contributed by atoms with Gasteiger partial charge in [0.15, 0.2) is 0 Å². The Morgan fingerprint density at radius 3 is 1.09 bits per heavy atom. The summed E-state index contributed by atoms with van der Waals surface area (Å²) in [5.41, 5.74) is 0. The molecule has 34 heavy (non-hydrogen) atoms. The third kappa shape index (κ3) is 17.8. The average Bonchev–Trinajstić information content (AvgIpc) is 2.78. The van der Waals surface area contributed by atoms with Gasteiger partial charge in [0, 0.05) is 19.3 Å². The molecule has 0 bridgehead atoms. The lowest BCUT2D eigenvalue weighted by Crippen LogP contribution is -2.44. The number of hydrogen-bond acceptors (Lipinski definition) is 6. The van der Waals surface area contributed by atoms with Gasteiger partial charge in [0.1, 0.15) is 0 Å². The molecule has 0 spiro atoms. The van der Waals surface area contributed by atoms with Crippen molar-refractivity contribution in [1.29, 1.82) is 0 Å². The molecule has 0 aromatic carbocycles. The summed E-state index contributed by atoms with van der Waals surface area (Å²) in [6, 6.07) is 0. The molecule has 0 unspecified atom stereocenters. The number of carbonyl (C=O) groups excluding carboxylic acids is 3.